The number of thioether (sulfide) groups is 1. The maximum Gasteiger partial charge on any atom is 0.224 e. The molecule has 0 saturated heterocycles. The lowest BCUT2D eigenvalue weighted by molar-refractivity contribution is 0.102. The van der Waals surface area contributed by atoms with Crippen LogP contribution in [-0.2, 0) is 0 Å². The van der Waals surface area contributed by atoms with E-state index >= 15 is 0 Å². The van der Waals surface area contributed by atoms with Gasteiger partial charge in [0, 0.05) is 21.6 Å². The predicted molar refractivity (Wildman–Crippen MR) is 97.7 cm³/mol. The summed E-state index contributed by atoms with van der Waals surface area (Å²) in [5.74, 6) is -0.128. The Balaban J connectivity index is 1.97. The minimum Gasteiger partial charge on any atom is -0.289 e. The van der Waals surface area contributed by atoms with E-state index in [-0.39, 0.29) is 10.9 Å². The molecule has 0 saturated carbocycles. The Morgan fingerprint density at radius 2 is 1.38 bits per heavy atom. The first kappa shape index (κ1) is 16.2. The van der Waals surface area contributed by atoms with Crippen molar-refractivity contribution in [2.24, 2.45) is 0 Å². The van der Waals surface area contributed by atoms with E-state index in [4.69, 9.17) is 0 Å². The lowest BCUT2D eigenvalue weighted by atomic mass is 9.97. The monoisotopic (exact) mass is 332 g/mol. The molecule has 3 rings (SSSR count). The van der Waals surface area contributed by atoms with Crippen molar-refractivity contribution < 1.29 is 9.59 Å². The smallest absolute Gasteiger partial charge is 0.224 e. The fourth-order valence-electron chi connectivity index (χ4n) is 2.42. The van der Waals surface area contributed by atoms with Gasteiger partial charge in [-0.3, -0.25) is 9.59 Å². The van der Waals surface area contributed by atoms with E-state index < -0.39 is 0 Å². The van der Waals surface area contributed by atoms with Gasteiger partial charge in [0.15, 0.2) is 5.78 Å². The number of carbonyl (C=O) groups is 2. The van der Waals surface area contributed by atoms with Gasteiger partial charge in [0.05, 0.1) is 0 Å². The third-order valence-electron chi connectivity index (χ3n) is 3.63. The molecule has 0 aliphatic heterocycles. The van der Waals surface area contributed by atoms with Crippen molar-refractivity contribution >= 4 is 22.7 Å². The highest BCUT2D eigenvalue weighted by Gasteiger charge is 2.19. The Labute approximate surface area is 145 Å². The highest BCUT2D eigenvalue weighted by atomic mass is 32.2. The van der Waals surface area contributed by atoms with Crippen LogP contribution in [0.3, 0.4) is 0 Å². The summed E-state index contributed by atoms with van der Waals surface area (Å²) < 4.78 is 0. The van der Waals surface area contributed by atoms with Gasteiger partial charge in [-0.15, -0.1) is 0 Å². The minimum atomic E-state index is -0.128. The van der Waals surface area contributed by atoms with Gasteiger partial charge >= 0.3 is 0 Å². The van der Waals surface area contributed by atoms with Crippen LogP contribution in [0.2, 0.25) is 0 Å². The Morgan fingerprint density at radius 1 is 0.750 bits per heavy atom. The predicted octanol–water partition coefficient (Wildman–Crippen LogP) is 5.16. The largest absolute Gasteiger partial charge is 0.289 e. The fourth-order valence-corrected chi connectivity index (χ4v) is 3.21. The van der Waals surface area contributed by atoms with Crippen LogP contribution in [0, 0.1) is 6.92 Å². The van der Waals surface area contributed by atoms with Gasteiger partial charge in [0.25, 0.3) is 0 Å². The van der Waals surface area contributed by atoms with E-state index in [0.717, 1.165) is 22.2 Å². The van der Waals surface area contributed by atoms with Crippen molar-refractivity contribution in [3.63, 3.8) is 0 Å². The normalized spacial score (nSPS) is 10.4. The number of aryl methyl sites for hydroxylation is 1. The number of rotatable bonds is 4. The van der Waals surface area contributed by atoms with E-state index in [1.165, 1.54) is 0 Å². The molecule has 0 bridgehead atoms. The van der Waals surface area contributed by atoms with E-state index in [9.17, 15) is 9.59 Å². The quantitative estimate of drug-likeness (QED) is 0.489. The summed E-state index contributed by atoms with van der Waals surface area (Å²) in [6, 6.07) is 23.9. The number of hydrogen-bond acceptors (Lipinski definition) is 3. The van der Waals surface area contributed by atoms with Gasteiger partial charge in [-0.1, -0.05) is 60.2 Å². The first-order chi connectivity index (χ1) is 11.6. The molecule has 0 heterocycles. The molecule has 0 atom stereocenters. The first-order valence-corrected chi connectivity index (χ1v) is 8.44. The molecule has 3 heteroatoms. The molecule has 24 heavy (non-hydrogen) atoms. The maximum absolute atomic E-state index is 12.8. The molecular weight excluding hydrogens is 316 g/mol. The third kappa shape index (κ3) is 3.63. The molecule has 0 amide bonds. The zero-order valence-corrected chi connectivity index (χ0v) is 14.0. The van der Waals surface area contributed by atoms with Crippen LogP contribution in [-0.4, -0.2) is 10.9 Å². The van der Waals surface area contributed by atoms with Gasteiger partial charge in [-0.25, -0.2) is 0 Å². The Morgan fingerprint density at radius 3 is 2.04 bits per heavy atom. The summed E-state index contributed by atoms with van der Waals surface area (Å²) in [7, 11) is 0. The van der Waals surface area contributed by atoms with Crippen LogP contribution in [0.25, 0.3) is 0 Å². The third-order valence-corrected chi connectivity index (χ3v) is 4.54. The Kier molecular flexibility index (Phi) is 4.92. The summed E-state index contributed by atoms with van der Waals surface area (Å²) in [4.78, 5) is 26.4. The van der Waals surface area contributed by atoms with Crippen LogP contribution in [0.15, 0.2) is 83.8 Å². The van der Waals surface area contributed by atoms with Crippen molar-refractivity contribution in [1.29, 1.82) is 0 Å². The highest BCUT2D eigenvalue weighted by molar-refractivity contribution is 8.14. The summed E-state index contributed by atoms with van der Waals surface area (Å²) in [5.41, 5.74) is 2.44. The molecule has 0 aliphatic rings. The van der Waals surface area contributed by atoms with E-state index in [1.54, 1.807) is 24.3 Å². The van der Waals surface area contributed by atoms with Crippen molar-refractivity contribution in [1.82, 2.24) is 0 Å². The van der Waals surface area contributed by atoms with Gasteiger partial charge in [-0.2, -0.15) is 0 Å². The number of hydrogen-bond donors (Lipinski definition) is 0. The van der Waals surface area contributed by atoms with Crippen LogP contribution >= 0.6 is 11.8 Å². The standard InChI is InChI=1S/C21H16O2S/c1-15-12-13-18(21(23)24-17-10-6-3-7-11-17)19(14-15)20(22)16-8-4-2-5-9-16/h2-14H,1H3. The molecule has 0 fully saturated rings. The number of ketones is 1. The second kappa shape index (κ2) is 7.28. The molecule has 3 aromatic rings. The maximum atomic E-state index is 12.8. The lowest BCUT2D eigenvalue weighted by Gasteiger charge is -2.09. The first-order valence-electron chi connectivity index (χ1n) is 7.63. The Bertz CT molecular complexity index is 871. The zero-order valence-electron chi connectivity index (χ0n) is 13.2. The van der Waals surface area contributed by atoms with Crippen LogP contribution in [0.1, 0.15) is 31.8 Å². The molecular formula is C21H16O2S. The summed E-state index contributed by atoms with van der Waals surface area (Å²) in [5, 5.41) is -0.125. The van der Waals surface area contributed by atoms with Crippen molar-refractivity contribution in [3.8, 4) is 0 Å². The molecule has 3 aromatic carbocycles. The van der Waals surface area contributed by atoms with Crippen LogP contribution in [0.5, 0.6) is 0 Å². The number of carbonyl (C=O) groups excluding carboxylic acids is 2. The van der Waals surface area contributed by atoms with Gasteiger partial charge in [0.2, 0.25) is 5.12 Å². The minimum absolute atomic E-state index is 0.125. The molecule has 0 unspecified atom stereocenters. The summed E-state index contributed by atoms with van der Waals surface area (Å²) in [6.45, 7) is 1.92. The van der Waals surface area contributed by atoms with Crippen LogP contribution in [0.4, 0.5) is 0 Å². The molecule has 2 nitrogen and oxygen atoms in total. The SMILES string of the molecule is Cc1ccc(C(=O)Sc2ccccc2)c(C(=O)c2ccccc2)c1. The van der Waals surface area contributed by atoms with Crippen LogP contribution < -0.4 is 0 Å². The molecule has 0 spiro atoms. The molecule has 118 valence electrons. The number of benzene rings is 3. The van der Waals surface area contributed by atoms with E-state index in [1.807, 2.05) is 61.5 Å². The molecule has 0 N–H and O–H groups in total. The fraction of sp³-hybridized carbons (Fsp3) is 0.0476. The second-order valence-corrected chi connectivity index (χ2v) is 6.49. The molecule has 0 aromatic heterocycles. The zero-order chi connectivity index (χ0) is 16.9. The topological polar surface area (TPSA) is 34.1 Å². The van der Waals surface area contributed by atoms with E-state index in [0.29, 0.717) is 16.7 Å². The summed E-state index contributed by atoms with van der Waals surface area (Å²) in [6.07, 6.45) is 0. The van der Waals surface area contributed by atoms with Crippen molar-refractivity contribution in [2.45, 2.75) is 11.8 Å². The van der Waals surface area contributed by atoms with E-state index in [2.05, 4.69) is 0 Å². The average Bonchev–Trinajstić information content (AvgIpc) is 2.62. The van der Waals surface area contributed by atoms with Gasteiger partial charge in [-0.05, 0) is 43.0 Å². The second-order valence-electron chi connectivity index (χ2n) is 5.45. The average molecular weight is 332 g/mol. The van der Waals surface area contributed by atoms with Crippen molar-refractivity contribution in [3.05, 3.63) is 101 Å². The molecule has 0 aliphatic carbocycles. The van der Waals surface area contributed by atoms with Gasteiger partial charge in [0.1, 0.15) is 0 Å². The van der Waals surface area contributed by atoms with Gasteiger partial charge < -0.3 is 0 Å². The van der Waals surface area contributed by atoms with Crippen molar-refractivity contribution in [2.75, 3.05) is 0 Å². The summed E-state index contributed by atoms with van der Waals surface area (Å²) >= 11 is 1.14. The lowest BCUT2D eigenvalue weighted by Crippen LogP contribution is -2.09. The molecule has 0 radical (unpaired) electrons. The highest BCUT2D eigenvalue weighted by Crippen LogP contribution is 2.26. The Hall–Kier alpha value is -2.65.